The second-order valence-corrected chi connectivity index (χ2v) is 10.00. The smallest absolute Gasteiger partial charge is 0.254 e. The maximum absolute atomic E-state index is 13.4. The number of likely N-dealkylation sites (N-methyl/N-ethyl adjacent to an activating group) is 1. The first kappa shape index (κ1) is 22.3. The maximum Gasteiger partial charge on any atom is 0.254 e. The molecule has 168 valence electrons. The molecule has 1 fully saturated rings. The Hall–Kier alpha value is -2.94. The Morgan fingerprint density at radius 2 is 1.69 bits per heavy atom. The van der Waals surface area contributed by atoms with Gasteiger partial charge in [-0.15, -0.1) is 0 Å². The molecule has 0 N–H and O–H groups in total. The highest BCUT2D eigenvalue weighted by Gasteiger charge is 2.29. The van der Waals surface area contributed by atoms with Crippen LogP contribution in [-0.4, -0.2) is 68.7 Å². The number of carbonyl (C=O) groups is 1. The molecule has 1 saturated heterocycles. The van der Waals surface area contributed by atoms with E-state index in [9.17, 15) is 13.2 Å². The van der Waals surface area contributed by atoms with Crippen LogP contribution in [0.1, 0.15) is 16.1 Å². The molecule has 1 aliphatic heterocycles. The third-order valence-electron chi connectivity index (χ3n) is 5.68. The Bertz CT molecular complexity index is 1170. The summed E-state index contributed by atoms with van der Waals surface area (Å²) in [6.45, 7) is 2.50. The Morgan fingerprint density at radius 3 is 2.34 bits per heavy atom. The van der Waals surface area contributed by atoms with Gasteiger partial charge in [-0.05, 0) is 48.5 Å². The summed E-state index contributed by atoms with van der Waals surface area (Å²) in [6.07, 6.45) is 1.56. The number of furan rings is 1. The van der Waals surface area contributed by atoms with Gasteiger partial charge < -0.3 is 14.2 Å². The van der Waals surface area contributed by atoms with Gasteiger partial charge in [0.2, 0.25) is 10.0 Å². The average Bonchev–Trinajstić information content (AvgIpc) is 3.32. The van der Waals surface area contributed by atoms with Crippen molar-refractivity contribution in [2.24, 2.45) is 0 Å². The number of nitrogens with zero attached hydrogens (tertiary/aromatic N) is 3. The maximum atomic E-state index is 13.4. The highest BCUT2D eigenvalue weighted by atomic mass is 32.2. The minimum Gasteiger partial charge on any atom is -0.467 e. The fourth-order valence-corrected chi connectivity index (χ4v) is 5.27. The lowest BCUT2D eigenvalue weighted by atomic mass is 10.0. The number of hydrogen-bond donors (Lipinski definition) is 0. The van der Waals surface area contributed by atoms with Gasteiger partial charge in [0.15, 0.2) is 0 Å². The number of hydrogen-bond acceptors (Lipinski definition) is 5. The minimum atomic E-state index is -3.73. The molecule has 32 heavy (non-hydrogen) atoms. The summed E-state index contributed by atoms with van der Waals surface area (Å²) in [5, 5.41) is 0. The molecule has 1 aromatic heterocycles. The summed E-state index contributed by atoms with van der Waals surface area (Å²) in [7, 11) is -0.0771. The van der Waals surface area contributed by atoms with Crippen LogP contribution in [0.25, 0.3) is 11.1 Å². The predicted octanol–water partition coefficient (Wildman–Crippen LogP) is 3.15. The highest BCUT2D eigenvalue weighted by molar-refractivity contribution is 7.89. The number of carbonyl (C=O) groups excluding carboxylic acids is 1. The van der Waals surface area contributed by atoms with E-state index in [0.717, 1.165) is 5.56 Å². The van der Waals surface area contributed by atoms with Crippen LogP contribution in [0.15, 0.2) is 76.2 Å². The van der Waals surface area contributed by atoms with Crippen molar-refractivity contribution in [3.05, 3.63) is 78.3 Å². The number of benzene rings is 2. The number of sulfonamides is 1. The van der Waals surface area contributed by atoms with Crippen molar-refractivity contribution in [1.29, 1.82) is 0 Å². The summed E-state index contributed by atoms with van der Waals surface area (Å²) in [4.78, 5) is 17.0. The Balaban J connectivity index is 1.72. The van der Waals surface area contributed by atoms with Gasteiger partial charge in [-0.25, -0.2) is 8.42 Å². The predicted molar refractivity (Wildman–Crippen MR) is 123 cm³/mol. The molecular weight excluding hydrogens is 426 g/mol. The van der Waals surface area contributed by atoms with Crippen molar-refractivity contribution < 1.29 is 17.6 Å². The van der Waals surface area contributed by atoms with E-state index in [1.165, 1.54) is 15.3 Å². The lowest BCUT2D eigenvalue weighted by Gasteiger charge is -2.31. The third-order valence-corrected chi connectivity index (χ3v) is 7.56. The van der Waals surface area contributed by atoms with Crippen molar-refractivity contribution in [3.8, 4) is 11.1 Å². The molecule has 0 bridgehead atoms. The fourth-order valence-electron chi connectivity index (χ4n) is 3.77. The molecule has 0 aliphatic carbocycles. The van der Waals surface area contributed by atoms with Crippen LogP contribution in [0.4, 0.5) is 0 Å². The van der Waals surface area contributed by atoms with Gasteiger partial charge in [-0.1, -0.05) is 30.3 Å². The molecule has 7 nitrogen and oxygen atoms in total. The molecule has 1 aliphatic rings. The van der Waals surface area contributed by atoms with Gasteiger partial charge in [0.25, 0.3) is 5.91 Å². The van der Waals surface area contributed by atoms with Crippen molar-refractivity contribution in [1.82, 2.24) is 14.1 Å². The van der Waals surface area contributed by atoms with E-state index in [4.69, 9.17) is 4.42 Å². The van der Waals surface area contributed by atoms with Gasteiger partial charge >= 0.3 is 0 Å². The summed E-state index contributed by atoms with van der Waals surface area (Å²) in [5.74, 6) is 0.388. The molecule has 2 aromatic carbocycles. The Labute approximate surface area is 188 Å². The molecule has 0 radical (unpaired) electrons. The molecule has 0 unspecified atom stereocenters. The first-order valence-corrected chi connectivity index (χ1v) is 12.0. The van der Waals surface area contributed by atoms with Crippen molar-refractivity contribution >= 4 is 15.9 Å². The van der Waals surface area contributed by atoms with E-state index in [2.05, 4.69) is 4.90 Å². The largest absolute Gasteiger partial charge is 0.467 e. The van der Waals surface area contributed by atoms with E-state index in [0.29, 0.717) is 49.6 Å². The summed E-state index contributed by atoms with van der Waals surface area (Å²) >= 11 is 0. The highest BCUT2D eigenvalue weighted by Crippen LogP contribution is 2.28. The molecule has 8 heteroatoms. The number of amides is 1. The zero-order valence-electron chi connectivity index (χ0n) is 18.3. The van der Waals surface area contributed by atoms with Crippen LogP contribution >= 0.6 is 0 Å². The standard InChI is InChI=1S/C24H27N3O4S/c1-25-10-12-27(13-11-25)32(29,30)23-16-20(19-7-4-3-5-8-19)15-21(17-23)24(28)26(2)18-22-9-6-14-31-22/h3-9,14-17H,10-13,18H2,1-2H3. The first-order valence-electron chi connectivity index (χ1n) is 10.5. The molecule has 0 saturated carbocycles. The van der Waals surface area contributed by atoms with Gasteiger partial charge in [0.05, 0.1) is 17.7 Å². The van der Waals surface area contributed by atoms with Gasteiger partial charge in [0.1, 0.15) is 5.76 Å². The summed E-state index contributed by atoms with van der Waals surface area (Å²) < 4.78 is 33.7. The molecule has 1 amide bonds. The average molecular weight is 454 g/mol. The van der Waals surface area contributed by atoms with Gasteiger partial charge in [-0.3, -0.25) is 4.79 Å². The molecule has 3 aromatic rings. The van der Waals surface area contributed by atoms with E-state index in [1.807, 2.05) is 37.4 Å². The second kappa shape index (κ2) is 9.28. The zero-order chi connectivity index (χ0) is 22.7. The third kappa shape index (κ3) is 4.77. The first-order chi connectivity index (χ1) is 15.3. The van der Waals surface area contributed by atoms with Crippen molar-refractivity contribution in [2.75, 3.05) is 40.3 Å². The summed E-state index contributed by atoms with van der Waals surface area (Å²) in [5.41, 5.74) is 1.87. The Morgan fingerprint density at radius 1 is 0.969 bits per heavy atom. The second-order valence-electron chi connectivity index (χ2n) is 8.06. The van der Waals surface area contributed by atoms with Gasteiger partial charge in [-0.2, -0.15) is 4.31 Å². The monoisotopic (exact) mass is 453 g/mol. The fraction of sp³-hybridized carbons (Fsp3) is 0.292. The van der Waals surface area contributed by atoms with E-state index < -0.39 is 10.0 Å². The molecule has 4 rings (SSSR count). The lowest BCUT2D eigenvalue weighted by Crippen LogP contribution is -2.47. The lowest BCUT2D eigenvalue weighted by molar-refractivity contribution is 0.0775. The van der Waals surface area contributed by atoms with Crippen molar-refractivity contribution in [2.45, 2.75) is 11.4 Å². The SMILES string of the molecule is CN1CCN(S(=O)(=O)c2cc(C(=O)N(C)Cc3ccco3)cc(-c3ccccc3)c2)CC1. The van der Waals surface area contributed by atoms with Crippen LogP contribution in [0.2, 0.25) is 0 Å². The van der Waals surface area contributed by atoms with Crippen molar-refractivity contribution in [3.63, 3.8) is 0 Å². The molecule has 2 heterocycles. The van der Waals surface area contributed by atoms with Crippen LogP contribution in [0.5, 0.6) is 0 Å². The van der Waals surface area contributed by atoms with Crippen LogP contribution in [-0.2, 0) is 16.6 Å². The van der Waals surface area contributed by atoms with E-state index >= 15 is 0 Å². The molecule has 0 spiro atoms. The van der Waals surface area contributed by atoms with Crippen LogP contribution in [0.3, 0.4) is 0 Å². The zero-order valence-corrected chi connectivity index (χ0v) is 19.1. The molecular formula is C24H27N3O4S. The van der Waals surface area contributed by atoms with Gasteiger partial charge in [0, 0.05) is 38.8 Å². The number of piperazine rings is 1. The minimum absolute atomic E-state index is 0.137. The van der Waals surface area contributed by atoms with E-state index in [-0.39, 0.29) is 10.8 Å². The number of rotatable bonds is 6. The van der Waals surface area contributed by atoms with E-state index in [1.54, 1.807) is 37.6 Å². The van der Waals surface area contributed by atoms with Crippen LogP contribution < -0.4 is 0 Å². The summed E-state index contributed by atoms with van der Waals surface area (Å²) in [6, 6.07) is 18.0. The topological polar surface area (TPSA) is 74.1 Å². The molecule has 0 atom stereocenters. The normalized spacial score (nSPS) is 15.6. The quantitative estimate of drug-likeness (QED) is 0.573. The van der Waals surface area contributed by atoms with Crippen LogP contribution in [0, 0.1) is 0 Å². The Kier molecular flexibility index (Phi) is 6.45.